The maximum absolute atomic E-state index is 13.6. The summed E-state index contributed by atoms with van der Waals surface area (Å²) in [6, 6.07) is 7.34. The Balaban J connectivity index is 1.46. The van der Waals surface area contributed by atoms with Crippen molar-refractivity contribution in [1.82, 2.24) is 14.7 Å². The van der Waals surface area contributed by atoms with Crippen LogP contribution in [0.3, 0.4) is 0 Å². The van der Waals surface area contributed by atoms with E-state index in [2.05, 4.69) is 31.0 Å². The fourth-order valence-electron chi connectivity index (χ4n) is 6.26. The van der Waals surface area contributed by atoms with Gasteiger partial charge in [-0.05, 0) is 56.4 Å². The lowest BCUT2D eigenvalue weighted by atomic mass is 9.60. The molecule has 0 aliphatic carbocycles. The number of piperidine rings is 1. The molecule has 1 aromatic carbocycles. The number of carbonyl (C=O) groups excluding carboxylic acids is 2. The molecule has 32 heavy (non-hydrogen) atoms. The van der Waals surface area contributed by atoms with Crippen LogP contribution in [0.5, 0.6) is 5.75 Å². The van der Waals surface area contributed by atoms with E-state index in [0.717, 1.165) is 63.4 Å². The van der Waals surface area contributed by atoms with E-state index in [1.807, 2.05) is 34.1 Å². The van der Waals surface area contributed by atoms with Crippen LogP contribution in [0.1, 0.15) is 40.0 Å². The molecule has 4 rings (SSSR count). The van der Waals surface area contributed by atoms with Gasteiger partial charge in [0.15, 0.2) is 0 Å². The lowest BCUT2D eigenvalue weighted by molar-refractivity contribution is -0.141. The van der Waals surface area contributed by atoms with Gasteiger partial charge in [-0.25, -0.2) is 4.79 Å². The van der Waals surface area contributed by atoms with E-state index in [9.17, 15) is 9.59 Å². The van der Waals surface area contributed by atoms with Gasteiger partial charge < -0.3 is 24.8 Å². The van der Waals surface area contributed by atoms with Crippen molar-refractivity contribution in [2.45, 2.75) is 40.0 Å². The summed E-state index contributed by atoms with van der Waals surface area (Å²) in [5.41, 5.74) is 0.456. The highest BCUT2D eigenvalue weighted by molar-refractivity contribution is 5.90. The normalized spacial score (nSPS) is 25.3. The van der Waals surface area contributed by atoms with Crippen LogP contribution < -0.4 is 10.1 Å². The molecule has 3 saturated heterocycles. The van der Waals surface area contributed by atoms with Crippen molar-refractivity contribution >= 4 is 17.6 Å². The molecule has 3 aliphatic heterocycles. The Morgan fingerprint density at radius 2 is 1.78 bits per heavy atom. The molecule has 0 unspecified atom stereocenters. The third-order valence-corrected chi connectivity index (χ3v) is 7.89. The molecule has 3 amide bonds. The Kier molecular flexibility index (Phi) is 6.39. The topological polar surface area (TPSA) is 65.1 Å². The molecule has 0 radical (unpaired) electrons. The van der Waals surface area contributed by atoms with Gasteiger partial charge in [0.1, 0.15) is 5.75 Å². The number of nitrogens with zero attached hydrogens (tertiary/aromatic N) is 3. The third kappa shape index (κ3) is 3.96. The number of nitrogens with one attached hydrogen (secondary N) is 1. The molecule has 7 heteroatoms. The Hall–Kier alpha value is -2.28. The zero-order valence-corrected chi connectivity index (χ0v) is 20.0. The molecule has 0 aromatic heterocycles. The summed E-state index contributed by atoms with van der Waals surface area (Å²) in [6.07, 6.45) is 2.73. The third-order valence-electron chi connectivity index (χ3n) is 7.89. The van der Waals surface area contributed by atoms with Gasteiger partial charge in [0.2, 0.25) is 5.91 Å². The summed E-state index contributed by atoms with van der Waals surface area (Å²) in [5, 5.41) is 3.01. The van der Waals surface area contributed by atoms with E-state index in [1.165, 1.54) is 0 Å². The van der Waals surface area contributed by atoms with Crippen molar-refractivity contribution in [2.75, 3.05) is 58.2 Å². The van der Waals surface area contributed by atoms with E-state index in [-0.39, 0.29) is 16.9 Å². The zero-order valence-electron chi connectivity index (χ0n) is 20.0. The SMILES string of the molecule is CCN1CC[C@]2(CN(CC(C)C)CC23CCN(C(=O)Nc2ccc(OC)cc2)CC3)C1=O. The number of amides is 3. The highest BCUT2D eigenvalue weighted by atomic mass is 16.5. The maximum Gasteiger partial charge on any atom is 0.321 e. The number of hydrogen-bond acceptors (Lipinski definition) is 4. The smallest absolute Gasteiger partial charge is 0.321 e. The Morgan fingerprint density at radius 1 is 1.09 bits per heavy atom. The standard InChI is InChI=1S/C25H38N4O3/c1-5-28-15-12-25(22(28)30)18-27(16-19(2)3)17-24(25)10-13-29(14-11-24)23(31)26-20-6-8-21(32-4)9-7-20/h6-9,19H,5,10-18H2,1-4H3,(H,26,31)/t25-/m0/s1. The molecule has 3 aliphatic rings. The van der Waals surface area contributed by atoms with Crippen molar-refractivity contribution in [3.63, 3.8) is 0 Å². The van der Waals surface area contributed by atoms with Crippen LogP contribution >= 0.6 is 0 Å². The van der Waals surface area contributed by atoms with Crippen LogP contribution in [0, 0.1) is 16.7 Å². The number of methoxy groups -OCH3 is 1. The van der Waals surface area contributed by atoms with Crippen LogP contribution in [0.25, 0.3) is 0 Å². The molecule has 0 bridgehead atoms. The van der Waals surface area contributed by atoms with Crippen molar-refractivity contribution in [3.8, 4) is 5.75 Å². The number of hydrogen-bond donors (Lipinski definition) is 1. The molecule has 3 fully saturated rings. The first kappa shape index (κ1) is 22.9. The van der Waals surface area contributed by atoms with E-state index in [4.69, 9.17) is 4.74 Å². The highest BCUT2D eigenvalue weighted by Gasteiger charge is 2.64. The second-order valence-electron chi connectivity index (χ2n) is 10.2. The van der Waals surface area contributed by atoms with Gasteiger partial charge in [0.25, 0.3) is 0 Å². The fraction of sp³-hybridized carbons (Fsp3) is 0.680. The molecule has 2 spiro atoms. The minimum absolute atomic E-state index is 0.0280. The van der Waals surface area contributed by atoms with Crippen molar-refractivity contribution in [1.29, 1.82) is 0 Å². The predicted octanol–water partition coefficient (Wildman–Crippen LogP) is 3.52. The van der Waals surface area contributed by atoms with Crippen LogP contribution in [-0.2, 0) is 4.79 Å². The summed E-state index contributed by atoms with van der Waals surface area (Å²) in [5.74, 6) is 1.70. The minimum Gasteiger partial charge on any atom is -0.497 e. The fourth-order valence-corrected chi connectivity index (χ4v) is 6.26. The highest BCUT2D eigenvalue weighted by Crippen LogP contribution is 2.57. The van der Waals surface area contributed by atoms with Crippen molar-refractivity contribution in [2.24, 2.45) is 16.7 Å². The lowest BCUT2D eigenvalue weighted by Crippen LogP contribution is -2.54. The molecular formula is C25H38N4O3. The monoisotopic (exact) mass is 442 g/mol. The Bertz CT molecular complexity index is 832. The van der Waals surface area contributed by atoms with E-state index >= 15 is 0 Å². The van der Waals surface area contributed by atoms with Gasteiger partial charge in [0, 0.05) is 56.9 Å². The number of anilines is 1. The quantitative estimate of drug-likeness (QED) is 0.758. The molecule has 1 aromatic rings. The number of benzene rings is 1. The number of rotatable bonds is 5. The number of fused-ring (bicyclic) bond motifs is 1. The molecule has 3 heterocycles. The Morgan fingerprint density at radius 3 is 2.34 bits per heavy atom. The first-order valence-corrected chi connectivity index (χ1v) is 12.0. The average Bonchev–Trinajstić information content (AvgIpc) is 3.25. The van der Waals surface area contributed by atoms with Crippen LogP contribution in [0.4, 0.5) is 10.5 Å². The molecule has 1 N–H and O–H groups in total. The van der Waals surface area contributed by atoms with Crippen LogP contribution in [0.15, 0.2) is 24.3 Å². The molecule has 7 nitrogen and oxygen atoms in total. The van der Waals surface area contributed by atoms with Crippen molar-refractivity contribution in [3.05, 3.63) is 24.3 Å². The second-order valence-corrected chi connectivity index (χ2v) is 10.2. The molecule has 176 valence electrons. The van der Waals surface area contributed by atoms with Crippen LogP contribution in [-0.4, -0.2) is 79.6 Å². The Labute approximate surface area is 192 Å². The summed E-state index contributed by atoms with van der Waals surface area (Å²) in [6.45, 7) is 12.5. The summed E-state index contributed by atoms with van der Waals surface area (Å²) in [7, 11) is 1.63. The van der Waals surface area contributed by atoms with Gasteiger partial charge >= 0.3 is 6.03 Å². The molecule has 0 saturated carbocycles. The van der Waals surface area contributed by atoms with E-state index in [1.54, 1.807) is 7.11 Å². The average molecular weight is 443 g/mol. The van der Waals surface area contributed by atoms with Gasteiger partial charge in [-0.3, -0.25) is 4.79 Å². The van der Waals surface area contributed by atoms with Gasteiger partial charge in [0.05, 0.1) is 12.5 Å². The van der Waals surface area contributed by atoms with E-state index in [0.29, 0.717) is 24.9 Å². The lowest BCUT2D eigenvalue weighted by Gasteiger charge is -2.47. The first-order valence-electron chi connectivity index (χ1n) is 12.0. The molecule has 1 atom stereocenters. The number of urea groups is 1. The largest absolute Gasteiger partial charge is 0.497 e. The predicted molar refractivity (Wildman–Crippen MR) is 126 cm³/mol. The number of ether oxygens (including phenoxy) is 1. The maximum atomic E-state index is 13.6. The van der Waals surface area contributed by atoms with Gasteiger partial charge in [-0.1, -0.05) is 13.8 Å². The summed E-state index contributed by atoms with van der Waals surface area (Å²) >= 11 is 0. The zero-order chi connectivity index (χ0) is 22.9. The molecular weight excluding hydrogens is 404 g/mol. The van der Waals surface area contributed by atoms with Crippen molar-refractivity contribution < 1.29 is 14.3 Å². The summed E-state index contributed by atoms with van der Waals surface area (Å²) < 4.78 is 5.19. The number of carbonyl (C=O) groups is 2. The number of likely N-dealkylation sites (tertiary alicyclic amines) is 3. The minimum atomic E-state index is -0.281. The van der Waals surface area contributed by atoms with E-state index < -0.39 is 0 Å². The van der Waals surface area contributed by atoms with Gasteiger partial charge in [-0.2, -0.15) is 0 Å². The second kappa shape index (κ2) is 8.93. The van der Waals surface area contributed by atoms with Crippen LogP contribution in [0.2, 0.25) is 0 Å². The van der Waals surface area contributed by atoms with Gasteiger partial charge in [-0.15, -0.1) is 0 Å². The first-order chi connectivity index (χ1) is 15.3. The summed E-state index contributed by atoms with van der Waals surface area (Å²) in [4.78, 5) is 33.0.